The third-order valence-corrected chi connectivity index (χ3v) is 4.12. The van der Waals surface area contributed by atoms with Crippen LogP contribution in [0.5, 0.6) is 0 Å². The Morgan fingerprint density at radius 1 is 1.19 bits per heavy atom. The van der Waals surface area contributed by atoms with Crippen molar-refractivity contribution in [2.75, 3.05) is 0 Å². The van der Waals surface area contributed by atoms with Crippen LogP contribution < -0.4 is 0 Å². The van der Waals surface area contributed by atoms with Crippen molar-refractivity contribution in [2.45, 2.75) is 19.8 Å². The average Bonchev–Trinajstić information content (AvgIpc) is 2.71. The first-order valence-corrected chi connectivity index (χ1v) is 6.62. The summed E-state index contributed by atoms with van der Waals surface area (Å²) in [7, 11) is 0. The Morgan fingerprint density at radius 3 is 2.50 bits per heavy atom. The molecule has 0 saturated heterocycles. The van der Waals surface area contributed by atoms with Gasteiger partial charge in [-0.3, -0.25) is 0 Å². The quantitative estimate of drug-likeness (QED) is 0.728. The lowest BCUT2D eigenvalue weighted by molar-refractivity contribution is 0.853. The summed E-state index contributed by atoms with van der Waals surface area (Å²) < 4.78 is 0. The minimum absolute atomic E-state index is 0.460. The molecule has 2 aromatic rings. The van der Waals surface area contributed by atoms with E-state index in [1.807, 2.05) is 12.1 Å². The van der Waals surface area contributed by atoms with E-state index in [0.717, 1.165) is 16.3 Å². The zero-order valence-corrected chi connectivity index (χ0v) is 11.3. The van der Waals surface area contributed by atoms with Crippen LogP contribution >= 0.6 is 34.5 Å². The molecule has 0 radical (unpaired) electrons. The van der Waals surface area contributed by atoms with Gasteiger partial charge in [0.1, 0.15) is 0 Å². The Hall–Kier alpha value is -0.570. The lowest BCUT2D eigenvalue weighted by atomic mass is 10.2. The van der Waals surface area contributed by atoms with Gasteiger partial charge in [-0.2, -0.15) is 0 Å². The summed E-state index contributed by atoms with van der Waals surface area (Å²) >= 11 is 13.5. The molecule has 0 N–H and O–H groups in total. The van der Waals surface area contributed by atoms with Crippen molar-refractivity contribution in [3.05, 3.63) is 38.6 Å². The predicted octanol–water partition coefficient (Wildman–Crippen LogP) is 5.24. The van der Waals surface area contributed by atoms with Crippen LogP contribution in [0.1, 0.15) is 24.8 Å². The molecule has 1 heterocycles. The number of halogens is 2. The highest BCUT2D eigenvalue weighted by atomic mass is 35.5. The SMILES string of the molecule is CC(C)c1nc(-c2ccc(Cl)c(Cl)c2)cs1. The number of nitrogens with zero attached hydrogens (tertiary/aromatic N) is 1. The van der Waals surface area contributed by atoms with E-state index in [4.69, 9.17) is 23.2 Å². The molecule has 84 valence electrons. The summed E-state index contributed by atoms with van der Waals surface area (Å²) in [5, 5.41) is 4.33. The summed E-state index contributed by atoms with van der Waals surface area (Å²) in [6.07, 6.45) is 0. The van der Waals surface area contributed by atoms with Crippen molar-refractivity contribution >= 4 is 34.5 Å². The maximum Gasteiger partial charge on any atom is 0.0958 e. The number of hydrogen-bond acceptors (Lipinski definition) is 2. The van der Waals surface area contributed by atoms with Gasteiger partial charge in [-0.25, -0.2) is 4.98 Å². The molecule has 0 bridgehead atoms. The first kappa shape index (κ1) is 11.9. The van der Waals surface area contributed by atoms with Gasteiger partial charge in [0.15, 0.2) is 0 Å². The number of aromatic nitrogens is 1. The Kier molecular flexibility index (Phi) is 3.53. The van der Waals surface area contributed by atoms with Gasteiger partial charge >= 0.3 is 0 Å². The van der Waals surface area contributed by atoms with E-state index in [9.17, 15) is 0 Å². The molecule has 0 aliphatic rings. The molecule has 16 heavy (non-hydrogen) atoms. The van der Waals surface area contributed by atoms with E-state index in [1.165, 1.54) is 0 Å². The normalized spacial score (nSPS) is 11.1. The molecule has 0 amide bonds. The second-order valence-corrected chi connectivity index (χ2v) is 5.56. The van der Waals surface area contributed by atoms with E-state index < -0.39 is 0 Å². The first-order valence-electron chi connectivity index (χ1n) is 4.99. The molecule has 0 fully saturated rings. The van der Waals surface area contributed by atoms with Crippen molar-refractivity contribution in [1.29, 1.82) is 0 Å². The second kappa shape index (κ2) is 4.74. The Balaban J connectivity index is 2.39. The maximum absolute atomic E-state index is 5.98. The van der Waals surface area contributed by atoms with Gasteiger partial charge in [0.05, 0.1) is 20.7 Å². The molecular formula is C12H11Cl2NS. The van der Waals surface area contributed by atoms with Gasteiger partial charge in [0.2, 0.25) is 0 Å². The van der Waals surface area contributed by atoms with Crippen LogP contribution in [-0.4, -0.2) is 4.98 Å². The molecule has 0 unspecified atom stereocenters. The van der Waals surface area contributed by atoms with Gasteiger partial charge in [-0.05, 0) is 12.1 Å². The first-order chi connectivity index (χ1) is 7.58. The van der Waals surface area contributed by atoms with Crippen LogP contribution in [0, 0.1) is 0 Å². The zero-order chi connectivity index (χ0) is 11.7. The summed E-state index contributed by atoms with van der Waals surface area (Å²) in [6.45, 7) is 4.27. The van der Waals surface area contributed by atoms with E-state index in [2.05, 4.69) is 24.2 Å². The van der Waals surface area contributed by atoms with Gasteiger partial charge < -0.3 is 0 Å². The lowest BCUT2D eigenvalue weighted by Gasteiger charge is -2.00. The van der Waals surface area contributed by atoms with Crippen LogP contribution in [0.25, 0.3) is 11.3 Å². The van der Waals surface area contributed by atoms with Crippen LogP contribution in [-0.2, 0) is 0 Å². The summed E-state index contributed by atoms with van der Waals surface area (Å²) in [5.41, 5.74) is 1.98. The number of benzene rings is 1. The second-order valence-electron chi connectivity index (χ2n) is 3.85. The van der Waals surface area contributed by atoms with Gasteiger partial charge in [0, 0.05) is 16.9 Å². The molecule has 1 aromatic heterocycles. The minimum atomic E-state index is 0.460. The van der Waals surface area contributed by atoms with E-state index in [1.54, 1.807) is 17.4 Å². The van der Waals surface area contributed by atoms with E-state index in [-0.39, 0.29) is 0 Å². The van der Waals surface area contributed by atoms with E-state index in [0.29, 0.717) is 16.0 Å². The van der Waals surface area contributed by atoms with Crippen molar-refractivity contribution in [3.63, 3.8) is 0 Å². The Labute approximate surface area is 109 Å². The number of rotatable bonds is 2. The monoisotopic (exact) mass is 271 g/mol. The van der Waals surface area contributed by atoms with Gasteiger partial charge in [0.25, 0.3) is 0 Å². The third kappa shape index (κ3) is 2.40. The topological polar surface area (TPSA) is 12.9 Å². The zero-order valence-electron chi connectivity index (χ0n) is 9.00. The Bertz CT molecular complexity index is 505. The summed E-state index contributed by atoms with van der Waals surface area (Å²) in [4.78, 5) is 4.57. The summed E-state index contributed by atoms with van der Waals surface area (Å²) in [6, 6.07) is 5.59. The van der Waals surface area contributed by atoms with Gasteiger partial charge in [-0.1, -0.05) is 43.1 Å². The van der Waals surface area contributed by atoms with Crippen molar-refractivity contribution < 1.29 is 0 Å². The van der Waals surface area contributed by atoms with E-state index >= 15 is 0 Å². The molecule has 0 aliphatic carbocycles. The summed E-state index contributed by atoms with van der Waals surface area (Å²) in [5.74, 6) is 0.460. The van der Waals surface area contributed by atoms with Crippen LogP contribution in [0.15, 0.2) is 23.6 Å². The van der Waals surface area contributed by atoms with Crippen LogP contribution in [0.3, 0.4) is 0 Å². The van der Waals surface area contributed by atoms with Crippen molar-refractivity contribution in [3.8, 4) is 11.3 Å². The fraction of sp³-hybridized carbons (Fsp3) is 0.250. The molecule has 0 spiro atoms. The maximum atomic E-state index is 5.98. The number of hydrogen-bond donors (Lipinski definition) is 0. The van der Waals surface area contributed by atoms with Gasteiger partial charge in [-0.15, -0.1) is 11.3 Å². The minimum Gasteiger partial charge on any atom is -0.241 e. The highest BCUT2D eigenvalue weighted by Gasteiger charge is 2.08. The fourth-order valence-corrected chi connectivity index (χ4v) is 2.48. The molecular weight excluding hydrogens is 261 g/mol. The third-order valence-electron chi connectivity index (χ3n) is 2.23. The largest absolute Gasteiger partial charge is 0.241 e. The fourth-order valence-electron chi connectivity index (χ4n) is 1.34. The van der Waals surface area contributed by atoms with Crippen molar-refractivity contribution in [1.82, 2.24) is 4.98 Å². The molecule has 0 atom stereocenters. The average molecular weight is 272 g/mol. The van der Waals surface area contributed by atoms with Crippen LogP contribution in [0.4, 0.5) is 0 Å². The molecule has 0 aliphatic heterocycles. The smallest absolute Gasteiger partial charge is 0.0958 e. The molecule has 1 nitrogen and oxygen atoms in total. The molecule has 1 aromatic carbocycles. The predicted molar refractivity (Wildman–Crippen MR) is 71.7 cm³/mol. The highest BCUT2D eigenvalue weighted by Crippen LogP contribution is 2.30. The highest BCUT2D eigenvalue weighted by molar-refractivity contribution is 7.10. The lowest BCUT2D eigenvalue weighted by Crippen LogP contribution is -1.85. The molecule has 0 saturated carbocycles. The Morgan fingerprint density at radius 2 is 1.94 bits per heavy atom. The van der Waals surface area contributed by atoms with Crippen LogP contribution in [0.2, 0.25) is 10.0 Å². The molecule has 4 heteroatoms. The standard InChI is InChI=1S/C12H11Cl2NS/c1-7(2)12-15-11(6-16-12)8-3-4-9(13)10(14)5-8/h3-7H,1-2H3. The molecule has 2 rings (SSSR count). The number of thiazole rings is 1. The van der Waals surface area contributed by atoms with Crippen molar-refractivity contribution in [2.24, 2.45) is 0 Å².